The van der Waals surface area contributed by atoms with E-state index in [1.165, 1.54) is 4.90 Å². The molecule has 4 nitrogen and oxygen atoms in total. The molecule has 108 valence electrons. The summed E-state index contributed by atoms with van der Waals surface area (Å²) < 4.78 is 0. The zero-order chi connectivity index (χ0) is 14.9. The SMILES string of the molecule is N#Cc1ccccc1CN1C(=O)CC2(CCCCC2)C1=O. The predicted octanol–water partition coefficient (Wildman–Crippen LogP) is 2.77. The van der Waals surface area contributed by atoms with Crippen molar-refractivity contribution in [2.75, 3.05) is 0 Å². The lowest BCUT2D eigenvalue weighted by atomic mass is 9.73. The summed E-state index contributed by atoms with van der Waals surface area (Å²) in [5, 5.41) is 9.13. The number of nitrogens with zero attached hydrogens (tertiary/aromatic N) is 2. The van der Waals surface area contributed by atoms with Crippen LogP contribution in [0.4, 0.5) is 0 Å². The van der Waals surface area contributed by atoms with Gasteiger partial charge in [0.1, 0.15) is 0 Å². The number of carbonyl (C=O) groups excluding carboxylic acids is 2. The van der Waals surface area contributed by atoms with Crippen LogP contribution in [-0.2, 0) is 16.1 Å². The van der Waals surface area contributed by atoms with Crippen molar-refractivity contribution in [3.05, 3.63) is 35.4 Å². The molecule has 1 aromatic carbocycles. The summed E-state index contributed by atoms with van der Waals surface area (Å²) in [6, 6.07) is 9.27. The Kier molecular flexibility index (Phi) is 3.50. The van der Waals surface area contributed by atoms with Gasteiger partial charge < -0.3 is 0 Å². The number of carbonyl (C=O) groups is 2. The van der Waals surface area contributed by atoms with Crippen LogP contribution in [0, 0.1) is 16.7 Å². The molecule has 1 aromatic rings. The molecule has 1 heterocycles. The van der Waals surface area contributed by atoms with Crippen LogP contribution in [0.15, 0.2) is 24.3 Å². The van der Waals surface area contributed by atoms with Crippen molar-refractivity contribution in [1.29, 1.82) is 5.26 Å². The first-order valence-electron chi connectivity index (χ1n) is 7.49. The van der Waals surface area contributed by atoms with Crippen LogP contribution in [0.1, 0.15) is 49.7 Å². The standard InChI is InChI=1S/C17H18N2O2/c18-11-13-6-2-3-7-14(13)12-19-15(20)10-17(16(19)21)8-4-1-5-9-17/h2-3,6-7H,1,4-5,8-10,12H2. The van der Waals surface area contributed by atoms with E-state index in [-0.39, 0.29) is 18.4 Å². The molecule has 1 aliphatic carbocycles. The third-order valence-electron chi connectivity index (χ3n) is 4.77. The molecular formula is C17H18N2O2. The highest BCUT2D eigenvalue weighted by molar-refractivity contribution is 6.05. The Bertz CT molecular complexity index is 624. The van der Waals surface area contributed by atoms with Gasteiger partial charge in [-0.1, -0.05) is 37.5 Å². The summed E-state index contributed by atoms with van der Waals surface area (Å²) >= 11 is 0. The van der Waals surface area contributed by atoms with Crippen molar-refractivity contribution in [1.82, 2.24) is 4.90 Å². The normalized spacial score (nSPS) is 20.8. The van der Waals surface area contributed by atoms with E-state index in [2.05, 4.69) is 6.07 Å². The molecule has 0 radical (unpaired) electrons. The van der Waals surface area contributed by atoms with Crippen molar-refractivity contribution in [3.63, 3.8) is 0 Å². The Morgan fingerprint density at radius 1 is 1.14 bits per heavy atom. The van der Waals surface area contributed by atoms with E-state index in [1.807, 2.05) is 12.1 Å². The summed E-state index contributed by atoms with van der Waals surface area (Å²) in [6.45, 7) is 0.225. The van der Waals surface area contributed by atoms with Crippen LogP contribution >= 0.6 is 0 Å². The molecule has 1 aliphatic heterocycles. The topological polar surface area (TPSA) is 61.2 Å². The number of rotatable bonds is 2. The number of likely N-dealkylation sites (tertiary alicyclic amines) is 1. The van der Waals surface area contributed by atoms with Crippen LogP contribution in [0.3, 0.4) is 0 Å². The molecule has 0 unspecified atom stereocenters. The van der Waals surface area contributed by atoms with Gasteiger partial charge in [-0.3, -0.25) is 14.5 Å². The second-order valence-corrected chi connectivity index (χ2v) is 6.07. The molecular weight excluding hydrogens is 264 g/mol. The van der Waals surface area contributed by atoms with Crippen LogP contribution in [0.25, 0.3) is 0 Å². The van der Waals surface area contributed by atoms with E-state index in [0.717, 1.165) is 37.7 Å². The molecule has 0 N–H and O–H groups in total. The highest BCUT2D eigenvalue weighted by Gasteiger charge is 2.51. The number of amides is 2. The van der Waals surface area contributed by atoms with Gasteiger partial charge in [-0.25, -0.2) is 0 Å². The third-order valence-corrected chi connectivity index (χ3v) is 4.77. The monoisotopic (exact) mass is 282 g/mol. The fraction of sp³-hybridized carbons (Fsp3) is 0.471. The minimum atomic E-state index is -0.447. The predicted molar refractivity (Wildman–Crippen MR) is 76.8 cm³/mol. The van der Waals surface area contributed by atoms with Gasteiger partial charge in [-0.15, -0.1) is 0 Å². The van der Waals surface area contributed by atoms with Crippen LogP contribution in [0.2, 0.25) is 0 Å². The van der Waals surface area contributed by atoms with E-state index in [1.54, 1.807) is 12.1 Å². The van der Waals surface area contributed by atoms with Gasteiger partial charge in [0.25, 0.3) is 0 Å². The molecule has 0 aromatic heterocycles. The van der Waals surface area contributed by atoms with E-state index in [9.17, 15) is 9.59 Å². The van der Waals surface area contributed by atoms with Crippen molar-refractivity contribution >= 4 is 11.8 Å². The highest BCUT2D eigenvalue weighted by Crippen LogP contribution is 2.45. The fourth-order valence-electron chi connectivity index (χ4n) is 3.58. The summed E-state index contributed by atoms with van der Waals surface area (Å²) in [5.41, 5.74) is 0.828. The maximum Gasteiger partial charge on any atom is 0.236 e. The van der Waals surface area contributed by atoms with Gasteiger partial charge >= 0.3 is 0 Å². The van der Waals surface area contributed by atoms with Gasteiger partial charge in [-0.05, 0) is 24.5 Å². The maximum atomic E-state index is 12.7. The maximum absolute atomic E-state index is 12.7. The molecule has 1 saturated heterocycles. The Balaban J connectivity index is 1.85. The van der Waals surface area contributed by atoms with Crippen LogP contribution in [-0.4, -0.2) is 16.7 Å². The fourth-order valence-corrected chi connectivity index (χ4v) is 3.58. The molecule has 2 aliphatic rings. The number of nitriles is 1. The second kappa shape index (κ2) is 5.33. The van der Waals surface area contributed by atoms with Crippen LogP contribution in [0.5, 0.6) is 0 Å². The van der Waals surface area contributed by atoms with Crippen molar-refractivity contribution in [2.45, 2.75) is 45.1 Å². The average molecular weight is 282 g/mol. The lowest BCUT2D eigenvalue weighted by molar-refractivity contribution is -0.142. The molecule has 0 bridgehead atoms. The van der Waals surface area contributed by atoms with Gasteiger partial charge in [0, 0.05) is 6.42 Å². The number of hydrogen-bond acceptors (Lipinski definition) is 3. The average Bonchev–Trinajstić information content (AvgIpc) is 2.73. The zero-order valence-corrected chi connectivity index (χ0v) is 12.0. The van der Waals surface area contributed by atoms with Crippen molar-refractivity contribution in [3.8, 4) is 6.07 Å². The second-order valence-electron chi connectivity index (χ2n) is 6.07. The van der Waals surface area contributed by atoms with E-state index < -0.39 is 5.41 Å². The van der Waals surface area contributed by atoms with E-state index in [0.29, 0.717) is 12.0 Å². The first kappa shape index (κ1) is 13.8. The highest BCUT2D eigenvalue weighted by atomic mass is 16.2. The minimum absolute atomic E-state index is 0.0278. The van der Waals surface area contributed by atoms with Gasteiger partial charge in [0.05, 0.1) is 23.6 Å². The summed E-state index contributed by atoms with van der Waals surface area (Å²) in [4.78, 5) is 26.4. The summed E-state index contributed by atoms with van der Waals surface area (Å²) in [5.74, 6) is -0.116. The molecule has 1 saturated carbocycles. The van der Waals surface area contributed by atoms with Crippen LogP contribution < -0.4 is 0 Å². The lowest BCUT2D eigenvalue weighted by Crippen LogP contribution is -2.36. The first-order valence-corrected chi connectivity index (χ1v) is 7.49. The largest absolute Gasteiger partial charge is 0.278 e. The zero-order valence-electron chi connectivity index (χ0n) is 12.0. The Morgan fingerprint density at radius 3 is 2.57 bits per heavy atom. The number of benzene rings is 1. The molecule has 3 rings (SSSR count). The Morgan fingerprint density at radius 2 is 1.86 bits per heavy atom. The number of imide groups is 1. The first-order chi connectivity index (χ1) is 10.2. The number of hydrogen-bond donors (Lipinski definition) is 0. The minimum Gasteiger partial charge on any atom is -0.278 e. The quantitative estimate of drug-likeness (QED) is 0.784. The summed E-state index contributed by atoms with van der Waals surface area (Å²) in [6.07, 6.45) is 5.21. The van der Waals surface area contributed by atoms with E-state index in [4.69, 9.17) is 5.26 Å². The molecule has 1 spiro atoms. The van der Waals surface area contributed by atoms with Crippen molar-refractivity contribution in [2.24, 2.45) is 5.41 Å². The third kappa shape index (κ3) is 2.33. The molecule has 0 atom stereocenters. The van der Waals surface area contributed by atoms with Gasteiger partial charge in [-0.2, -0.15) is 5.26 Å². The lowest BCUT2D eigenvalue weighted by Gasteiger charge is -2.30. The summed E-state index contributed by atoms with van der Waals surface area (Å²) in [7, 11) is 0. The molecule has 2 amide bonds. The smallest absolute Gasteiger partial charge is 0.236 e. The Labute approximate surface area is 124 Å². The molecule has 4 heteroatoms. The van der Waals surface area contributed by atoms with Gasteiger partial charge in [0.2, 0.25) is 11.8 Å². The van der Waals surface area contributed by atoms with E-state index >= 15 is 0 Å². The molecule has 2 fully saturated rings. The van der Waals surface area contributed by atoms with Crippen molar-refractivity contribution < 1.29 is 9.59 Å². The Hall–Kier alpha value is -2.15. The molecule has 21 heavy (non-hydrogen) atoms. The van der Waals surface area contributed by atoms with Gasteiger partial charge in [0.15, 0.2) is 0 Å².